The van der Waals surface area contributed by atoms with E-state index in [2.05, 4.69) is 34.3 Å². The number of hydrogen-bond donors (Lipinski definition) is 1. The summed E-state index contributed by atoms with van der Waals surface area (Å²) in [7, 11) is 0. The van der Waals surface area contributed by atoms with Crippen LogP contribution in [0.1, 0.15) is 93.3 Å². The molecule has 2 fully saturated rings. The third-order valence-electron chi connectivity index (χ3n) is 8.20. The first kappa shape index (κ1) is 26.1. The van der Waals surface area contributed by atoms with Gasteiger partial charge in [0.1, 0.15) is 18.0 Å². The number of rotatable bonds is 11. The van der Waals surface area contributed by atoms with Gasteiger partial charge in [-0.2, -0.15) is 0 Å². The number of nitrogens with one attached hydrogen (secondary N) is 1. The fourth-order valence-electron chi connectivity index (χ4n) is 5.95. The molecular formula is C30H41FN4O2. The Morgan fingerprint density at radius 2 is 2.08 bits per heavy atom. The van der Waals surface area contributed by atoms with Gasteiger partial charge in [0.25, 0.3) is 0 Å². The Morgan fingerprint density at radius 3 is 2.89 bits per heavy atom. The molecule has 2 aliphatic heterocycles. The minimum atomic E-state index is -0.858. The third kappa shape index (κ3) is 6.31. The van der Waals surface area contributed by atoms with E-state index < -0.39 is 12.2 Å². The van der Waals surface area contributed by atoms with Gasteiger partial charge in [0.05, 0.1) is 6.61 Å². The van der Waals surface area contributed by atoms with Crippen LogP contribution >= 0.6 is 0 Å². The van der Waals surface area contributed by atoms with Crippen LogP contribution in [0.2, 0.25) is 0 Å². The van der Waals surface area contributed by atoms with Crippen LogP contribution in [0.5, 0.6) is 0 Å². The van der Waals surface area contributed by atoms with Crippen molar-refractivity contribution < 1.29 is 13.9 Å². The Bertz CT molecular complexity index is 1080. The van der Waals surface area contributed by atoms with Crippen LogP contribution in [0.15, 0.2) is 30.5 Å². The van der Waals surface area contributed by atoms with E-state index in [1.165, 1.54) is 5.56 Å². The van der Waals surface area contributed by atoms with Gasteiger partial charge < -0.3 is 10.1 Å². The number of unbranched alkanes of at least 4 members (excludes halogenated alkanes) is 1. The molecule has 0 aromatic carbocycles. The maximum Gasteiger partial charge on any atom is 0.328 e. The highest BCUT2D eigenvalue weighted by Crippen LogP contribution is 2.43. The van der Waals surface area contributed by atoms with Crippen molar-refractivity contribution in [3.63, 3.8) is 0 Å². The number of ether oxygens (including phenoxy) is 1. The lowest BCUT2D eigenvalue weighted by Crippen LogP contribution is -2.35. The molecule has 3 unspecified atom stereocenters. The van der Waals surface area contributed by atoms with Crippen LogP contribution in [0, 0.1) is 5.92 Å². The Hall–Kier alpha value is -2.54. The smallest absolute Gasteiger partial charge is 0.328 e. The third-order valence-corrected chi connectivity index (χ3v) is 8.20. The number of hydrogen-bond acceptors (Lipinski definition) is 6. The van der Waals surface area contributed by atoms with Crippen molar-refractivity contribution >= 4 is 11.8 Å². The molecule has 3 aliphatic rings. The number of esters is 1. The molecule has 1 N–H and O–H groups in total. The summed E-state index contributed by atoms with van der Waals surface area (Å²) in [4.78, 5) is 24.6. The standard InChI is InChI=1S/C30H41FN4O2/c1-3-37-30(36)28(25-8-6-17-32-27(25)21-12-13-21)35-18-16-23(19-35)26(31)9-5-4-7-24-15-14-22-11-10-20(2)33-29(22)34-24/h6,8,14-15,17,20-21,23,26,28H,3-5,7,9-13,16,18-19H2,1-2H3,(H,33,34)/t20?,23-,26?,28?/m1/s1. The van der Waals surface area contributed by atoms with Gasteiger partial charge in [-0.25, -0.2) is 14.2 Å². The number of carbonyl (C=O) groups excluding carboxylic acids is 1. The predicted molar refractivity (Wildman–Crippen MR) is 143 cm³/mol. The summed E-state index contributed by atoms with van der Waals surface area (Å²) in [5.41, 5.74) is 4.35. The first-order valence-corrected chi connectivity index (χ1v) is 14.3. The molecular weight excluding hydrogens is 467 g/mol. The molecule has 0 radical (unpaired) electrons. The molecule has 1 saturated carbocycles. The molecule has 6 nitrogen and oxygen atoms in total. The van der Waals surface area contributed by atoms with Crippen molar-refractivity contribution in [2.24, 2.45) is 5.92 Å². The average Bonchev–Trinajstić information content (AvgIpc) is 3.64. The lowest BCUT2D eigenvalue weighted by Gasteiger charge is -2.28. The first-order chi connectivity index (χ1) is 18.0. The normalized spacial score (nSPS) is 23.2. The highest BCUT2D eigenvalue weighted by Gasteiger charge is 2.40. The van der Waals surface area contributed by atoms with E-state index in [0.717, 1.165) is 74.1 Å². The summed E-state index contributed by atoms with van der Waals surface area (Å²) in [5.74, 6) is 1.17. The van der Waals surface area contributed by atoms with E-state index in [4.69, 9.17) is 9.72 Å². The van der Waals surface area contributed by atoms with E-state index in [9.17, 15) is 4.79 Å². The van der Waals surface area contributed by atoms with Crippen LogP contribution < -0.4 is 5.32 Å². The highest BCUT2D eigenvalue weighted by molar-refractivity contribution is 5.78. The van der Waals surface area contributed by atoms with Gasteiger partial charge in [0, 0.05) is 47.6 Å². The molecule has 0 bridgehead atoms. The van der Waals surface area contributed by atoms with Gasteiger partial charge in [0.15, 0.2) is 0 Å². The number of anilines is 1. The number of aryl methyl sites for hydroxylation is 2. The zero-order chi connectivity index (χ0) is 25.8. The molecule has 200 valence electrons. The fraction of sp³-hybridized carbons (Fsp3) is 0.633. The number of fused-ring (bicyclic) bond motifs is 1. The summed E-state index contributed by atoms with van der Waals surface area (Å²) < 4.78 is 20.8. The van der Waals surface area contributed by atoms with E-state index >= 15 is 4.39 Å². The molecule has 2 aromatic rings. The van der Waals surface area contributed by atoms with E-state index in [1.807, 2.05) is 19.1 Å². The molecule has 1 saturated heterocycles. The molecule has 4 heterocycles. The van der Waals surface area contributed by atoms with Crippen molar-refractivity contribution in [3.05, 3.63) is 53.0 Å². The van der Waals surface area contributed by atoms with Gasteiger partial charge in [-0.3, -0.25) is 9.88 Å². The van der Waals surface area contributed by atoms with Gasteiger partial charge in [-0.1, -0.05) is 18.6 Å². The van der Waals surface area contributed by atoms with Crippen LogP contribution in [-0.4, -0.2) is 52.7 Å². The number of likely N-dealkylation sites (tertiary alicyclic amines) is 1. The molecule has 1 aliphatic carbocycles. The van der Waals surface area contributed by atoms with E-state index in [1.54, 1.807) is 6.20 Å². The number of carbonyl (C=O) groups is 1. The van der Waals surface area contributed by atoms with Crippen LogP contribution in [0.4, 0.5) is 10.2 Å². The van der Waals surface area contributed by atoms with E-state index in [-0.39, 0.29) is 11.9 Å². The highest BCUT2D eigenvalue weighted by atomic mass is 19.1. The molecule has 0 spiro atoms. The Kier molecular flexibility index (Phi) is 8.38. The first-order valence-electron chi connectivity index (χ1n) is 14.3. The largest absolute Gasteiger partial charge is 0.465 e. The quantitative estimate of drug-likeness (QED) is 0.307. The monoisotopic (exact) mass is 508 g/mol. The Labute approximate surface area is 220 Å². The summed E-state index contributed by atoms with van der Waals surface area (Å²) in [5, 5.41) is 3.49. The second kappa shape index (κ2) is 11.9. The maximum atomic E-state index is 15.3. The molecule has 0 amide bonds. The van der Waals surface area contributed by atoms with Gasteiger partial charge >= 0.3 is 5.97 Å². The lowest BCUT2D eigenvalue weighted by molar-refractivity contribution is -0.149. The minimum absolute atomic E-state index is 0.0504. The molecule has 37 heavy (non-hydrogen) atoms. The summed E-state index contributed by atoms with van der Waals surface area (Å²) in [6.45, 7) is 5.66. The van der Waals surface area contributed by atoms with Crippen molar-refractivity contribution in [3.8, 4) is 0 Å². The number of halogens is 1. The van der Waals surface area contributed by atoms with Gasteiger partial charge in [0.2, 0.25) is 0 Å². The van der Waals surface area contributed by atoms with Crippen LogP contribution in [-0.2, 0) is 22.4 Å². The van der Waals surface area contributed by atoms with Crippen molar-refractivity contribution in [2.45, 2.75) is 95.8 Å². The van der Waals surface area contributed by atoms with E-state index in [0.29, 0.717) is 38.1 Å². The van der Waals surface area contributed by atoms with Crippen molar-refractivity contribution in [1.29, 1.82) is 0 Å². The molecule has 5 rings (SSSR count). The van der Waals surface area contributed by atoms with Crippen molar-refractivity contribution in [1.82, 2.24) is 14.9 Å². The Morgan fingerprint density at radius 1 is 1.22 bits per heavy atom. The van der Waals surface area contributed by atoms with Gasteiger partial charge in [-0.05, 0) is 89.5 Å². The minimum Gasteiger partial charge on any atom is -0.465 e. The molecule has 2 aromatic heterocycles. The number of alkyl halides is 1. The molecule has 4 atom stereocenters. The fourth-order valence-corrected chi connectivity index (χ4v) is 5.95. The summed E-state index contributed by atoms with van der Waals surface area (Å²) >= 11 is 0. The Balaban J connectivity index is 1.14. The lowest BCUT2D eigenvalue weighted by atomic mass is 9.97. The number of nitrogens with zero attached hydrogens (tertiary/aromatic N) is 3. The van der Waals surface area contributed by atoms with Crippen LogP contribution in [0.25, 0.3) is 0 Å². The predicted octanol–water partition coefficient (Wildman–Crippen LogP) is 5.78. The average molecular weight is 509 g/mol. The van der Waals surface area contributed by atoms with Crippen LogP contribution in [0.3, 0.4) is 0 Å². The summed E-state index contributed by atoms with van der Waals surface area (Å²) in [6, 6.07) is 8.20. The zero-order valence-electron chi connectivity index (χ0n) is 22.3. The number of aromatic nitrogens is 2. The summed E-state index contributed by atoms with van der Waals surface area (Å²) in [6.07, 6.45) is 9.39. The maximum absolute atomic E-state index is 15.3. The topological polar surface area (TPSA) is 67.3 Å². The molecule has 7 heteroatoms. The van der Waals surface area contributed by atoms with Gasteiger partial charge in [-0.15, -0.1) is 0 Å². The second-order valence-corrected chi connectivity index (χ2v) is 11.1. The zero-order valence-corrected chi connectivity index (χ0v) is 22.3. The van der Waals surface area contributed by atoms with Crippen molar-refractivity contribution in [2.75, 3.05) is 25.0 Å². The SMILES string of the molecule is CCOC(=O)C(c1cccnc1C1CC1)N1CC[C@@H](C(F)CCCCc2ccc3c(n2)NC(C)CC3)C1. The number of pyridine rings is 2. The second-order valence-electron chi connectivity index (χ2n) is 11.1.